The zero-order valence-electron chi connectivity index (χ0n) is 19.1. The van der Waals surface area contributed by atoms with Crippen LogP contribution in [-0.2, 0) is 9.53 Å². The van der Waals surface area contributed by atoms with Gasteiger partial charge in [-0.05, 0) is 50.0 Å². The van der Waals surface area contributed by atoms with Gasteiger partial charge in [0.25, 0.3) is 5.91 Å². The molecule has 0 saturated carbocycles. The summed E-state index contributed by atoms with van der Waals surface area (Å²) in [6.07, 6.45) is 4.77. The fraction of sp³-hybridized carbons (Fsp3) is 0.667. The number of thioether (sulfide) groups is 1. The maximum atomic E-state index is 13.5. The molecule has 3 aliphatic heterocycles. The third-order valence-corrected chi connectivity index (χ3v) is 7.93. The van der Waals surface area contributed by atoms with Gasteiger partial charge in [0.15, 0.2) is 0 Å². The Bertz CT molecular complexity index is 777. The van der Waals surface area contributed by atoms with Crippen LogP contribution in [0.25, 0.3) is 0 Å². The Balaban J connectivity index is 1.38. The molecule has 2 atom stereocenters. The maximum Gasteiger partial charge on any atom is 0.254 e. The maximum absolute atomic E-state index is 13.5. The molecule has 1 aromatic rings. The molecule has 0 bridgehead atoms. The van der Waals surface area contributed by atoms with Crippen molar-refractivity contribution < 1.29 is 23.8 Å². The van der Waals surface area contributed by atoms with E-state index in [0.717, 1.165) is 37.4 Å². The van der Waals surface area contributed by atoms with E-state index in [4.69, 9.17) is 14.2 Å². The Labute approximate surface area is 194 Å². The summed E-state index contributed by atoms with van der Waals surface area (Å²) in [7, 11) is 3.15. The lowest BCUT2D eigenvalue weighted by Crippen LogP contribution is -2.50. The number of rotatable bonds is 7. The Hall–Kier alpha value is -1.93. The van der Waals surface area contributed by atoms with Gasteiger partial charge in [-0.1, -0.05) is 0 Å². The van der Waals surface area contributed by atoms with Crippen molar-refractivity contribution in [2.75, 3.05) is 52.0 Å². The second-order valence-electron chi connectivity index (χ2n) is 8.81. The first-order valence-electron chi connectivity index (χ1n) is 11.6. The Kier molecular flexibility index (Phi) is 7.84. The first-order valence-corrected chi connectivity index (χ1v) is 12.8. The summed E-state index contributed by atoms with van der Waals surface area (Å²) in [5.74, 6) is 3.52. The van der Waals surface area contributed by atoms with Crippen molar-refractivity contribution in [3.8, 4) is 11.5 Å². The lowest BCUT2D eigenvalue weighted by Gasteiger charge is -2.37. The highest BCUT2D eigenvalue weighted by Gasteiger charge is 2.36. The zero-order chi connectivity index (χ0) is 22.5. The smallest absolute Gasteiger partial charge is 0.254 e. The number of carbonyl (C=O) groups excluding carboxylic acids is 2. The van der Waals surface area contributed by atoms with Crippen LogP contribution in [0.5, 0.6) is 11.5 Å². The molecule has 0 radical (unpaired) electrons. The standard InChI is InChI=1S/C24H34N2O5S/c1-29-21-12-18(13-22(14-21)30-2)23(27)25-8-5-17(6-9-25)24(28)26(19-7-11-32-16-19)15-20-4-3-10-31-20/h12-14,17,19-20H,3-11,15-16H2,1-2H3. The van der Waals surface area contributed by atoms with Gasteiger partial charge in [0.1, 0.15) is 11.5 Å². The number of methoxy groups -OCH3 is 2. The molecule has 8 heteroatoms. The van der Waals surface area contributed by atoms with Crippen molar-refractivity contribution in [1.29, 1.82) is 0 Å². The summed E-state index contributed by atoms with van der Waals surface area (Å²) in [5, 5.41) is 0. The first-order chi connectivity index (χ1) is 15.6. The minimum Gasteiger partial charge on any atom is -0.497 e. The largest absolute Gasteiger partial charge is 0.497 e. The highest BCUT2D eigenvalue weighted by Crippen LogP contribution is 2.29. The molecule has 3 saturated heterocycles. The van der Waals surface area contributed by atoms with E-state index >= 15 is 0 Å². The Morgan fingerprint density at radius 2 is 1.81 bits per heavy atom. The number of amides is 2. The van der Waals surface area contributed by atoms with Crippen molar-refractivity contribution in [3.05, 3.63) is 23.8 Å². The van der Waals surface area contributed by atoms with Crippen molar-refractivity contribution in [1.82, 2.24) is 9.80 Å². The number of nitrogens with zero attached hydrogens (tertiary/aromatic N) is 2. The van der Waals surface area contributed by atoms with Gasteiger partial charge in [-0.2, -0.15) is 11.8 Å². The second kappa shape index (κ2) is 10.8. The molecule has 0 aliphatic carbocycles. The van der Waals surface area contributed by atoms with Crippen LogP contribution < -0.4 is 9.47 Å². The number of hydrogen-bond acceptors (Lipinski definition) is 6. The monoisotopic (exact) mass is 462 g/mol. The molecule has 3 aliphatic rings. The van der Waals surface area contributed by atoms with Gasteiger partial charge in [0, 0.05) is 55.6 Å². The number of hydrogen-bond donors (Lipinski definition) is 0. The molecule has 7 nitrogen and oxygen atoms in total. The van der Waals surface area contributed by atoms with E-state index in [9.17, 15) is 9.59 Å². The van der Waals surface area contributed by atoms with Crippen molar-refractivity contribution in [3.63, 3.8) is 0 Å². The molecular formula is C24H34N2O5S. The van der Waals surface area contributed by atoms with E-state index in [2.05, 4.69) is 4.90 Å². The predicted octanol–water partition coefficient (Wildman–Crippen LogP) is 3.07. The molecule has 0 aromatic heterocycles. The Morgan fingerprint density at radius 3 is 2.38 bits per heavy atom. The topological polar surface area (TPSA) is 68.3 Å². The molecule has 4 rings (SSSR count). The molecule has 3 heterocycles. The molecule has 1 aromatic carbocycles. The van der Waals surface area contributed by atoms with Crippen LogP contribution in [0.4, 0.5) is 0 Å². The average Bonchev–Trinajstić information content (AvgIpc) is 3.56. The van der Waals surface area contributed by atoms with Crippen LogP contribution in [0.1, 0.15) is 42.5 Å². The third-order valence-electron chi connectivity index (χ3n) is 6.78. The molecule has 2 amide bonds. The molecule has 176 valence electrons. The van der Waals surface area contributed by atoms with Crippen LogP contribution in [-0.4, -0.2) is 85.7 Å². The normalized spacial score (nSPS) is 23.9. The summed E-state index contributed by atoms with van der Waals surface area (Å²) in [6, 6.07) is 5.55. The van der Waals surface area contributed by atoms with E-state index in [1.807, 2.05) is 16.7 Å². The molecule has 0 N–H and O–H groups in total. The number of benzene rings is 1. The number of ether oxygens (including phenoxy) is 3. The number of carbonyl (C=O) groups is 2. The molecular weight excluding hydrogens is 428 g/mol. The van der Waals surface area contributed by atoms with Gasteiger partial charge < -0.3 is 24.0 Å². The second-order valence-corrected chi connectivity index (χ2v) is 9.96. The summed E-state index contributed by atoms with van der Waals surface area (Å²) >= 11 is 1.93. The molecule has 3 fully saturated rings. The summed E-state index contributed by atoms with van der Waals surface area (Å²) in [5.41, 5.74) is 0.550. The van der Waals surface area contributed by atoms with E-state index in [0.29, 0.717) is 55.6 Å². The first kappa shape index (κ1) is 23.2. The Morgan fingerprint density at radius 1 is 1.09 bits per heavy atom. The van der Waals surface area contributed by atoms with Gasteiger partial charge in [-0.15, -0.1) is 0 Å². The van der Waals surface area contributed by atoms with Crippen LogP contribution in [0, 0.1) is 5.92 Å². The van der Waals surface area contributed by atoms with E-state index in [1.165, 1.54) is 0 Å². The van der Waals surface area contributed by atoms with Gasteiger partial charge >= 0.3 is 0 Å². The summed E-state index contributed by atoms with van der Waals surface area (Å²) in [4.78, 5) is 30.6. The van der Waals surface area contributed by atoms with Crippen molar-refractivity contribution in [2.24, 2.45) is 5.92 Å². The lowest BCUT2D eigenvalue weighted by atomic mass is 9.93. The number of piperidine rings is 1. The zero-order valence-corrected chi connectivity index (χ0v) is 19.9. The van der Waals surface area contributed by atoms with Crippen LogP contribution in [0.15, 0.2) is 18.2 Å². The van der Waals surface area contributed by atoms with E-state index in [1.54, 1.807) is 32.4 Å². The highest BCUT2D eigenvalue weighted by atomic mass is 32.2. The minimum atomic E-state index is -0.0449. The van der Waals surface area contributed by atoms with E-state index < -0.39 is 0 Å². The fourth-order valence-corrected chi connectivity index (χ4v) is 6.10. The summed E-state index contributed by atoms with van der Waals surface area (Å²) in [6.45, 7) is 2.69. The molecule has 2 unspecified atom stereocenters. The molecule has 32 heavy (non-hydrogen) atoms. The molecule has 0 spiro atoms. The quantitative estimate of drug-likeness (QED) is 0.620. The van der Waals surface area contributed by atoms with E-state index in [-0.39, 0.29) is 23.8 Å². The predicted molar refractivity (Wildman–Crippen MR) is 125 cm³/mol. The summed E-state index contributed by atoms with van der Waals surface area (Å²) < 4.78 is 16.4. The van der Waals surface area contributed by atoms with Crippen LogP contribution in [0.3, 0.4) is 0 Å². The highest BCUT2D eigenvalue weighted by molar-refractivity contribution is 7.99. The average molecular weight is 463 g/mol. The van der Waals surface area contributed by atoms with Gasteiger partial charge in [0.05, 0.1) is 20.3 Å². The van der Waals surface area contributed by atoms with Gasteiger partial charge in [0.2, 0.25) is 5.91 Å². The van der Waals surface area contributed by atoms with Crippen LogP contribution in [0.2, 0.25) is 0 Å². The SMILES string of the molecule is COc1cc(OC)cc(C(=O)N2CCC(C(=O)N(CC3CCCO3)C3CCSC3)CC2)c1. The van der Waals surface area contributed by atoms with Crippen LogP contribution >= 0.6 is 11.8 Å². The minimum absolute atomic E-state index is 0.0223. The van der Waals surface area contributed by atoms with Crippen molar-refractivity contribution in [2.45, 2.75) is 44.2 Å². The van der Waals surface area contributed by atoms with Gasteiger partial charge in [-0.25, -0.2) is 0 Å². The van der Waals surface area contributed by atoms with Gasteiger partial charge in [-0.3, -0.25) is 9.59 Å². The van der Waals surface area contributed by atoms with Crippen molar-refractivity contribution >= 4 is 23.6 Å². The number of likely N-dealkylation sites (tertiary alicyclic amines) is 1. The fourth-order valence-electron chi connectivity index (χ4n) is 4.87. The third kappa shape index (κ3) is 5.34. The lowest BCUT2D eigenvalue weighted by molar-refractivity contribution is -0.140.